The summed E-state index contributed by atoms with van der Waals surface area (Å²) in [6, 6.07) is 21.3. The Morgan fingerprint density at radius 3 is 2.10 bits per heavy atom. The van der Waals surface area contributed by atoms with Crippen LogP contribution in [0, 0.1) is 0 Å². The van der Waals surface area contributed by atoms with Crippen LogP contribution in [0.2, 0.25) is 0 Å². The van der Waals surface area contributed by atoms with Gasteiger partial charge in [0.25, 0.3) is 0 Å². The minimum Gasteiger partial charge on any atom is -0.480 e. The molecule has 7 heteroatoms. The van der Waals surface area contributed by atoms with Gasteiger partial charge in [0, 0.05) is 13.0 Å². The molecule has 148 valence electrons. The number of para-hydroxylation sites is 1. The monoisotopic (exact) mass is 409 g/mol. The largest absolute Gasteiger partial charge is 0.480 e. The zero-order chi connectivity index (χ0) is 20.4. The molecule has 6 nitrogen and oxygen atoms in total. The molecule has 0 bridgehead atoms. The van der Waals surface area contributed by atoms with Crippen LogP contribution in [-0.2, 0) is 27.8 Å². The lowest BCUT2D eigenvalue weighted by molar-refractivity contribution is -0.141. The first kappa shape index (κ1) is 19.2. The summed E-state index contributed by atoms with van der Waals surface area (Å²) in [6.45, 7) is 0.0255. The van der Waals surface area contributed by atoms with Gasteiger partial charge in [-0.05, 0) is 47.5 Å². The van der Waals surface area contributed by atoms with Crippen molar-refractivity contribution in [1.82, 2.24) is 4.31 Å². The second kappa shape index (κ2) is 7.69. The second-order valence-electron chi connectivity index (χ2n) is 6.76. The highest BCUT2D eigenvalue weighted by Crippen LogP contribution is 2.30. The van der Waals surface area contributed by atoms with Crippen molar-refractivity contribution >= 4 is 16.0 Å². The van der Waals surface area contributed by atoms with Gasteiger partial charge in [-0.1, -0.05) is 42.5 Å². The summed E-state index contributed by atoms with van der Waals surface area (Å²) in [7, 11) is -3.99. The maximum atomic E-state index is 13.2. The first-order valence-corrected chi connectivity index (χ1v) is 10.5. The third-order valence-electron chi connectivity index (χ3n) is 4.90. The molecule has 0 fully saturated rings. The molecule has 1 N–H and O–H groups in total. The minimum atomic E-state index is -3.99. The number of sulfonamides is 1. The van der Waals surface area contributed by atoms with Crippen molar-refractivity contribution in [2.75, 3.05) is 0 Å². The number of ether oxygens (including phenoxy) is 1. The first-order chi connectivity index (χ1) is 13.9. The molecule has 0 saturated carbocycles. The van der Waals surface area contributed by atoms with E-state index in [0.717, 1.165) is 15.4 Å². The average molecular weight is 409 g/mol. The Balaban J connectivity index is 1.62. The molecule has 0 saturated heterocycles. The highest BCUT2D eigenvalue weighted by Gasteiger charge is 2.39. The molecule has 3 aromatic rings. The van der Waals surface area contributed by atoms with Gasteiger partial charge in [-0.25, -0.2) is 8.42 Å². The smallest absolute Gasteiger partial charge is 0.322 e. The Bertz CT molecular complexity index is 1130. The molecule has 29 heavy (non-hydrogen) atoms. The summed E-state index contributed by atoms with van der Waals surface area (Å²) in [5.74, 6) is -0.0253. The third-order valence-corrected chi connectivity index (χ3v) is 6.77. The fourth-order valence-electron chi connectivity index (χ4n) is 3.40. The third kappa shape index (κ3) is 3.87. The van der Waals surface area contributed by atoms with E-state index in [9.17, 15) is 18.3 Å². The molecule has 0 aliphatic carbocycles. The number of benzene rings is 3. The van der Waals surface area contributed by atoms with Crippen LogP contribution < -0.4 is 4.74 Å². The molecule has 0 radical (unpaired) electrons. The Morgan fingerprint density at radius 2 is 1.45 bits per heavy atom. The van der Waals surface area contributed by atoms with E-state index in [1.54, 1.807) is 24.3 Å². The van der Waals surface area contributed by atoms with Gasteiger partial charge in [0.05, 0.1) is 4.90 Å². The topological polar surface area (TPSA) is 83.9 Å². The normalized spacial score (nSPS) is 16.8. The van der Waals surface area contributed by atoms with Crippen LogP contribution in [0.15, 0.2) is 83.8 Å². The lowest BCUT2D eigenvalue weighted by Crippen LogP contribution is -2.48. The molecule has 1 aliphatic rings. The summed E-state index contributed by atoms with van der Waals surface area (Å²) < 4.78 is 33.2. The van der Waals surface area contributed by atoms with E-state index in [1.165, 1.54) is 12.1 Å². The molecule has 3 aromatic carbocycles. The Morgan fingerprint density at radius 1 is 0.862 bits per heavy atom. The zero-order valence-electron chi connectivity index (χ0n) is 15.4. The van der Waals surface area contributed by atoms with Gasteiger partial charge in [-0.2, -0.15) is 4.31 Å². The highest BCUT2D eigenvalue weighted by molar-refractivity contribution is 7.89. The molecular weight excluding hydrogens is 390 g/mol. The average Bonchev–Trinajstić information content (AvgIpc) is 2.74. The molecule has 1 atom stereocenters. The molecule has 1 heterocycles. The molecule has 4 rings (SSSR count). The number of carbonyl (C=O) groups is 1. The van der Waals surface area contributed by atoms with E-state index in [2.05, 4.69) is 0 Å². The van der Waals surface area contributed by atoms with Crippen molar-refractivity contribution in [3.05, 3.63) is 90.0 Å². The number of aliphatic carboxylic acids is 1. The SMILES string of the molecule is O=C(O)[C@H]1Cc2ccccc2CN1S(=O)(=O)c1ccc(Oc2ccccc2)cc1. The number of nitrogens with zero attached hydrogens (tertiary/aromatic N) is 1. The fourth-order valence-corrected chi connectivity index (χ4v) is 4.96. The fraction of sp³-hybridized carbons (Fsp3) is 0.136. The molecule has 0 amide bonds. The van der Waals surface area contributed by atoms with Crippen LogP contribution in [0.1, 0.15) is 11.1 Å². The Hall–Kier alpha value is -3.16. The lowest BCUT2D eigenvalue weighted by atomic mass is 9.96. The summed E-state index contributed by atoms with van der Waals surface area (Å²) >= 11 is 0. The van der Waals surface area contributed by atoms with Gasteiger partial charge >= 0.3 is 5.97 Å². The van der Waals surface area contributed by atoms with Crippen molar-refractivity contribution in [2.24, 2.45) is 0 Å². The van der Waals surface area contributed by atoms with Crippen LogP contribution in [0.4, 0.5) is 0 Å². The maximum absolute atomic E-state index is 13.2. The van der Waals surface area contributed by atoms with Gasteiger partial charge in [0.1, 0.15) is 17.5 Å². The van der Waals surface area contributed by atoms with Gasteiger partial charge in [0.2, 0.25) is 10.0 Å². The predicted molar refractivity (Wildman–Crippen MR) is 107 cm³/mol. The number of hydrogen-bond donors (Lipinski definition) is 1. The number of carboxylic acids is 1. The summed E-state index contributed by atoms with van der Waals surface area (Å²) in [4.78, 5) is 11.8. The van der Waals surface area contributed by atoms with E-state index in [-0.39, 0.29) is 17.9 Å². The number of rotatable bonds is 5. The second-order valence-corrected chi connectivity index (χ2v) is 8.65. The molecular formula is C22H19NO5S. The highest BCUT2D eigenvalue weighted by atomic mass is 32.2. The van der Waals surface area contributed by atoms with E-state index in [4.69, 9.17) is 4.74 Å². The van der Waals surface area contributed by atoms with E-state index in [0.29, 0.717) is 11.5 Å². The van der Waals surface area contributed by atoms with E-state index in [1.807, 2.05) is 42.5 Å². The van der Waals surface area contributed by atoms with Crippen molar-refractivity contribution in [3.63, 3.8) is 0 Å². The van der Waals surface area contributed by atoms with Gasteiger partial charge in [-0.3, -0.25) is 4.79 Å². The standard InChI is InChI=1S/C22H19NO5S/c24-22(25)21-14-16-6-4-5-7-17(16)15-23(21)29(26,27)20-12-10-19(11-13-20)28-18-8-2-1-3-9-18/h1-13,21H,14-15H2,(H,24,25)/t21-/m1/s1. The lowest BCUT2D eigenvalue weighted by Gasteiger charge is -2.33. The molecule has 1 aliphatic heterocycles. The number of fused-ring (bicyclic) bond motifs is 1. The Kier molecular flexibility index (Phi) is 5.08. The number of hydrogen-bond acceptors (Lipinski definition) is 4. The molecule has 0 spiro atoms. The number of carboxylic acid groups (broad SMARTS) is 1. The van der Waals surface area contributed by atoms with Crippen LogP contribution in [0.5, 0.6) is 11.5 Å². The quantitative estimate of drug-likeness (QED) is 0.695. The van der Waals surface area contributed by atoms with Gasteiger partial charge < -0.3 is 9.84 Å². The molecule has 0 unspecified atom stereocenters. The van der Waals surface area contributed by atoms with Crippen LogP contribution in [0.25, 0.3) is 0 Å². The summed E-state index contributed by atoms with van der Waals surface area (Å²) in [5.41, 5.74) is 1.68. The summed E-state index contributed by atoms with van der Waals surface area (Å²) in [6.07, 6.45) is 0.139. The van der Waals surface area contributed by atoms with Gasteiger partial charge in [-0.15, -0.1) is 0 Å². The van der Waals surface area contributed by atoms with Crippen molar-refractivity contribution in [2.45, 2.75) is 23.9 Å². The van der Waals surface area contributed by atoms with Crippen LogP contribution in [-0.4, -0.2) is 29.8 Å². The van der Waals surface area contributed by atoms with Crippen molar-refractivity contribution in [1.29, 1.82) is 0 Å². The zero-order valence-corrected chi connectivity index (χ0v) is 16.2. The maximum Gasteiger partial charge on any atom is 0.322 e. The van der Waals surface area contributed by atoms with Gasteiger partial charge in [0.15, 0.2) is 0 Å². The van der Waals surface area contributed by atoms with Crippen LogP contribution in [0.3, 0.4) is 0 Å². The first-order valence-electron chi connectivity index (χ1n) is 9.09. The minimum absolute atomic E-state index is 0.0255. The van der Waals surface area contributed by atoms with Crippen molar-refractivity contribution < 1.29 is 23.1 Å². The summed E-state index contributed by atoms with van der Waals surface area (Å²) in [5, 5.41) is 9.63. The molecule has 0 aromatic heterocycles. The van der Waals surface area contributed by atoms with Crippen molar-refractivity contribution in [3.8, 4) is 11.5 Å². The predicted octanol–water partition coefficient (Wildman–Crippen LogP) is 3.68. The van der Waals surface area contributed by atoms with E-state index >= 15 is 0 Å². The van der Waals surface area contributed by atoms with Crippen LogP contribution >= 0.6 is 0 Å². The Labute approximate surface area is 169 Å². The van der Waals surface area contributed by atoms with E-state index < -0.39 is 22.0 Å².